The van der Waals surface area contributed by atoms with Crippen molar-refractivity contribution in [1.29, 1.82) is 0 Å². The summed E-state index contributed by atoms with van der Waals surface area (Å²) in [5, 5.41) is 15.4. The van der Waals surface area contributed by atoms with Crippen LogP contribution in [0, 0.1) is 0 Å². The number of piperidine rings is 1. The van der Waals surface area contributed by atoms with Crippen molar-refractivity contribution in [3.05, 3.63) is 30.2 Å². The molecule has 0 spiro atoms. The summed E-state index contributed by atoms with van der Waals surface area (Å²) in [5.74, 6) is 1.83. The molecule has 8 nitrogen and oxygen atoms in total. The monoisotopic (exact) mass is 373 g/mol. The lowest BCUT2D eigenvalue weighted by Gasteiger charge is -2.32. The molecule has 2 aromatic rings. The van der Waals surface area contributed by atoms with Gasteiger partial charge in [-0.15, -0.1) is 10.2 Å². The van der Waals surface area contributed by atoms with Crippen LogP contribution in [0.3, 0.4) is 0 Å². The number of rotatable bonds is 8. The Labute approximate surface area is 161 Å². The maximum Gasteiger partial charge on any atom is 0.191 e. The fraction of sp³-hybridized carbons (Fsp3) is 0.632. The number of hydrogen-bond donors (Lipinski definition) is 2. The molecule has 1 aliphatic heterocycles. The molecule has 8 heteroatoms. The minimum atomic E-state index is 0.468. The fourth-order valence-corrected chi connectivity index (χ4v) is 3.36. The molecular formula is C19H31N7O. The van der Waals surface area contributed by atoms with Crippen molar-refractivity contribution in [2.75, 3.05) is 46.4 Å². The average molecular weight is 374 g/mol. The zero-order valence-corrected chi connectivity index (χ0v) is 16.4. The lowest BCUT2D eigenvalue weighted by atomic mass is 10.1. The molecule has 3 rings (SSSR count). The fourth-order valence-electron chi connectivity index (χ4n) is 3.36. The topological polar surface area (TPSA) is 79.1 Å². The maximum absolute atomic E-state index is 5.17. The van der Waals surface area contributed by atoms with Crippen molar-refractivity contribution >= 4 is 11.6 Å². The highest BCUT2D eigenvalue weighted by Gasteiger charge is 2.19. The van der Waals surface area contributed by atoms with E-state index in [-0.39, 0.29) is 0 Å². The highest BCUT2D eigenvalue weighted by atomic mass is 16.5. The molecular weight excluding hydrogens is 342 g/mol. The smallest absolute Gasteiger partial charge is 0.191 e. The Bertz CT molecular complexity index is 722. The zero-order valence-electron chi connectivity index (χ0n) is 16.4. The molecule has 1 saturated heterocycles. The molecule has 0 unspecified atom stereocenters. The van der Waals surface area contributed by atoms with Crippen LogP contribution in [0.25, 0.3) is 5.65 Å². The van der Waals surface area contributed by atoms with Crippen molar-refractivity contribution in [2.24, 2.45) is 4.99 Å². The van der Waals surface area contributed by atoms with Gasteiger partial charge in [0.1, 0.15) is 5.82 Å². The Balaban J connectivity index is 1.49. The number of pyridine rings is 1. The van der Waals surface area contributed by atoms with Crippen molar-refractivity contribution in [3.8, 4) is 0 Å². The summed E-state index contributed by atoms with van der Waals surface area (Å²) in [6, 6.07) is 6.40. The van der Waals surface area contributed by atoms with Gasteiger partial charge in [0, 0.05) is 58.5 Å². The SMILES string of the molecule is CCNC(=NCCc1nnc2ccccn12)NC1CCN(CCOC)CC1. The Morgan fingerprint density at radius 1 is 1.30 bits per heavy atom. The van der Waals surface area contributed by atoms with Gasteiger partial charge in [-0.05, 0) is 31.9 Å². The number of likely N-dealkylation sites (tertiary alicyclic amines) is 1. The Morgan fingerprint density at radius 2 is 2.15 bits per heavy atom. The summed E-state index contributed by atoms with van der Waals surface area (Å²) in [7, 11) is 1.76. The first-order valence-electron chi connectivity index (χ1n) is 9.85. The maximum atomic E-state index is 5.17. The molecule has 2 aromatic heterocycles. The van der Waals surface area contributed by atoms with Crippen LogP contribution in [0.2, 0.25) is 0 Å². The van der Waals surface area contributed by atoms with Gasteiger partial charge in [0.2, 0.25) is 0 Å². The predicted molar refractivity (Wildman–Crippen MR) is 107 cm³/mol. The standard InChI is InChI=1S/C19H31N7O/c1-3-20-19(22-16-8-12-25(13-9-16)14-15-27-2)21-10-7-18-24-23-17-6-4-5-11-26(17)18/h4-6,11,16H,3,7-10,12-15H2,1-2H3,(H2,20,21,22). The molecule has 0 atom stereocenters. The van der Waals surface area contributed by atoms with Crippen molar-refractivity contribution < 1.29 is 4.74 Å². The van der Waals surface area contributed by atoms with Crippen molar-refractivity contribution in [3.63, 3.8) is 0 Å². The molecule has 0 radical (unpaired) electrons. The van der Waals surface area contributed by atoms with Crippen LogP contribution in [0.5, 0.6) is 0 Å². The first kappa shape index (κ1) is 19.6. The normalized spacial score (nSPS) is 16.7. The van der Waals surface area contributed by atoms with Gasteiger partial charge in [0.05, 0.1) is 6.61 Å². The average Bonchev–Trinajstić information content (AvgIpc) is 3.11. The summed E-state index contributed by atoms with van der Waals surface area (Å²) in [6.07, 6.45) is 5.01. The molecule has 0 saturated carbocycles. The summed E-state index contributed by atoms with van der Waals surface area (Å²) in [6.45, 7) is 7.65. The van der Waals surface area contributed by atoms with Gasteiger partial charge < -0.3 is 20.3 Å². The molecule has 2 N–H and O–H groups in total. The summed E-state index contributed by atoms with van der Waals surface area (Å²) >= 11 is 0. The van der Waals surface area contributed by atoms with E-state index in [1.807, 2.05) is 28.8 Å². The molecule has 27 heavy (non-hydrogen) atoms. The number of methoxy groups -OCH3 is 1. The third-order valence-electron chi connectivity index (χ3n) is 4.87. The van der Waals surface area contributed by atoms with Crippen molar-refractivity contribution in [1.82, 2.24) is 30.1 Å². The number of nitrogens with zero attached hydrogens (tertiary/aromatic N) is 5. The van der Waals surface area contributed by atoms with Crippen LogP contribution in [-0.4, -0.2) is 77.9 Å². The van der Waals surface area contributed by atoms with Crippen LogP contribution in [0.4, 0.5) is 0 Å². The number of guanidine groups is 1. The molecule has 1 fully saturated rings. The van der Waals surface area contributed by atoms with Gasteiger partial charge in [0.25, 0.3) is 0 Å². The minimum Gasteiger partial charge on any atom is -0.383 e. The minimum absolute atomic E-state index is 0.468. The van der Waals surface area contributed by atoms with E-state index in [1.54, 1.807) is 7.11 Å². The third-order valence-corrected chi connectivity index (χ3v) is 4.87. The van der Waals surface area contributed by atoms with Gasteiger partial charge in [-0.2, -0.15) is 0 Å². The van der Waals surface area contributed by atoms with E-state index >= 15 is 0 Å². The number of nitrogens with one attached hydrogen (secondary N) is 2. The first-order valence-corrected chi connectivity index (χ1v) is 9.85. The van der Waals surface area contributed by atoms with Gasteiger partial charge in [-0.25, -0.2) is 0 Å². The van der Waals surface area contributed by atoms with E-state index in [9.17, 15) is 0 Å². The molecule has 148 valence electrons. The van der Waals surface area contributed by atoms with E-state index in [2.05, 4.69) is 32.7 Å². The van der Waals surface area contributed by atoms with Crippen LogP contribution < -0.4 is 10.6 Å². The molecule has 1 aliphatic rings. The predicted octanol–water partition coefficient (Wildman–Crippen LogP) is 0.938. The van der Waals surface area contributed by atoms with Crippen LogP contribution in [-0.2, 0) is 11.2 Å². The van der Waals surface area contributed by atoms with E-state index < -0.39 is 0 Å². The second-order valence-corrected chi connectivity index (χ2v) is 6.81. The van der Waals surface area contributed by atoms with E-state index in [0.29, 0.717) is 12.6 Å². The molecule has 3 heterocycles. The Hall–Kier alpha value is -2.19. The van der Waals surface area contributed by atoms with Gasteiger partial charge in [0.15, 0.2) is 11.6 Å². The number of fused-ring (bicyclic) bond motifs is 1. The van der Waals surface area contributed by atoms with E-state index in [1.165, 1.54) is 0 Å². The lowest BCUT2D eigenvalue weighted by Crippen LogP contribution is -2.49. The summed E-state index contributed by atoms with van der Waals surface area (Å²) in [5.41, 5.74) is 0.877. The largest absolute Gasteiger partial charge is 0.383 e. The molecule has 0 aromatic carbocycles. The van der Waals surface area contributed by atoms with E-state index in [4.69, 9.17) is 9.73 Å². The number of ether oxygens (including phenoxy) is 1. The van der Waals surface area contributed by atoms with E-state index in [0.717, 1.165) is 69.5 Å². The van der Waals surface area contributed by atoms with Crippen molar-refractivity contribution in [2.45, 2.75) is 32.2 Å². The van der Waals surface area contributed by atoms with Crippen LogP contribution in [0.15, 0.2) is 29.4 Å². The highest BCUT2D eigenvalue weighted by Crippen LogP contribution is 2.10. The number of aromatic nitrogens is 3. The molecule has 0 bridgehead atoms. The lowest BCUT2D eigenvalue weighted by molar-refractivity contribution is 0.128. The summed E-state index contributed by atoms with van der Waals surface area (Å²) in [4.78, 5) is 7.20. The van der Waals surface area contributed by atoms with Gasteiger partial charge in [-0.3, -0.25) is 9.39 Å². The van der Waals surface area contributed by atoms with Crippen LogP contribution >= 0.6 is 0 Å². The third kappa shape index (κ3) is 5.64. The zero-order chi connectivity index (χ0) is 18.9. The first-order chi connectivity index (χ1) is 13.3. The Morgan fingerprint density at radius 3 is 2.93 bits per heavy atom. The number of aliphatic imine (C=N–C) groups is 1. The Kier molecular flexibility index (Phi) is 7.41. The van der Waals surface area contributed by atoms with Gasteiger partial charge >= 0.3 is 0 Å². The molecule has 0 aliphatic carbocycles. The second-order valence-electron chi connectivity index (χ2n) is 6.81. The van der Waals surface area contributed by atoms with Crippen LogP contribution in [0.1, 0.15) is 25.6 Å². The quantitative estimate of drug-likeness (QED) is 0.530. The van der Waals surface area contributed by atoms with Gasteiger partial charge in [-0.1, -0.05) is 6.07 Å². The highest BCUT2D eigenvalue weighted by molar-refractivity contribution is 5.80. The summed E-state index contributed by atoms with van der Waals surface area (Å²) < 4.78 is 7.19. The number of hydrogen-bond acceptors (Lipinski definition) is 5. The second kappa shape index (κ2) is 10.2. The molecule has 0 amide bonds.